The molecule has 140 valence electrons. The first-order valence-corrected chi connectivity index (χ1v) is 8.80. The molecule has 8 heteroatoms. The largest absolute Gasteiger partial charge is 0.322 e. The van der Waals surface area contributed by atoms with E-state index in [0.717, 1.165) is 22.5 Å². The van der Waals surface area contributed by atoms with Crippen molar-refractivity contribution in [2.24, 2.45) is 0 Å². The number of nitrogens with one attached hydrogen (secondary N) is 1. The molecule has 2 aromatic carbocycles. The summed E-state index contributed by atoms with van der Waals surface area (Å²) in [5, 5.41) is 18.8. The van der Waals surface area contributed by atoms with E-state index in [1.807, 2.05) is 57.3 Å². The molecule has 0 atom stereocenters. The van der Waals surface area contributed by atoms with Crippen LogP contribution in [0.3, 0.4) is 0 Å². The molecule has 1 amide bonds. The average Bonchev–Trinajstić information content (AvgIpc) is 3.32. The monoisotopic (exact) mass is 373 g/mol. The summed E-state index contributed by atoms with van der Waals surface area (Å²) in [6.07, 6.45) is 3.73. The van der Waals surface area contributed by atoms with Crippen LogP contribution in [0, 0.1) is 20.8 Å². The molecule has 0 unspecified atom stereocenters. The van der Waals surface area contributed by atoms with Crippen LogP contribution in [0.1, 0.15) is 27.3 Å². The van der Waals surface area contributed by atoms with Gasteiger partial charge in [-0.2, -0.15) is 9.78 Å². The SMILES string of the molecule is Cc1cnn(-c2ccc(C(=O)Nc3ccc(C)c(-n4nnnc4C)c3)cc2)c1. The Morgan fingerprint density at radius 2 is 1.82 bits per heavy atom. The van der Waals surface area contributed by atoms with Gasteiger partial charge < -0.3 is 5.32 Å². The van der Waals surface area contributed by atoms with Gasteiger partial charge in [-0.25, -0.2) is 4.68 Å². The van der Waals surface area contributed by atoms with Gasteiger partial charge in [0.15, 0.2) is 5.82 Å². The fourth-order valence-corrected chi connectivity index (χ4v) is 2.89. The van der Waals surface area contributed by atoms with E-state index < -0.39 is 0 Å². The van der Waals surface area contributed by atoms with Crippen molar-refractivity contribution >= 4 is 11.6 Å². The molecule has 4 aromatic rings. The van der Waals surface area contributed by atoms with E-state index >= 15 is 0 Å². The van der Waals surface area contributed by atoms with Gasteiger partial charge in [0.05, 0.1) is 17.6 Å². The number of aryl methyl sites for hydroxylation is 3. The summed E-state index contributed by atoms with van der Waals surface area (Å²) in [5.41, 5.74) is 5.05. The maximum Gasteiger partial charge on any atom is 0.255 e. The fraction of sp³-hybridized carbons (Fsp3) is 0.150. The molecule has 0 bridgehead atoms. The number of tetrazole rings is 1. The van der Waals surface area contributed by atoms with Crippen molar-refractivity contribution in [1.82, 2.24) is 30.0 Å². The summed E-state index contributed by atoms with van der Waals surface area (Å²) in [5.74, 6) is 0.488. The number of benzene rings is 2. The van der Waals surface area contributed by atoms with Gasteiger partial charge >= 0.3 is 0 Å². The number of anilines is 1. The molecule has 0 radical (unpaired) electrons. The Morgan fingerprint density at radius 3 is 2.46 bits per heavy atom. The molecule has 0 spiro atoms. The molecule has 0 saturated heterocycles. The first-order chi connectivity index (χ1) is 13.5. The van der Waals surface area contributed by atoms with Crippen molar-refractivity contribution in [1.29, 1.82) is 0 Å². The molecule has 4 rings (SSSR count). The fourth-order valence-electron chi connectivity index (χ4n) is 2.89. The van der Waals surface area contributed by atoms with Gasteiger partial charge in [-0.3, -0.25) is 4.79 Å². The number of carbonyl (C=O) groups is 1. The Balaban J connectivity index is 1.54. The van der Waals surface area contributed by atoms with E-state index in [4.69, 9.17) is 0 Å². The number of amides is 1. The van der Waals surface area contributed by atoms with Crippen LogP contribution in [0.5, 0.6) is 0 Å². The maximum atomic E-state index is 12.6. The Hall–Kier alpha value is -3.81. The predicted molar refractivity (Wildman–Crippen MR) is 105 cm³/mol. The standard InChI is InChI=1S/C20H19N7O/c1-13-11-21-26(12-13)18-8-5-16(6-9-18)20(28)22-17-7-4-14(2)19(10-17)27-15(3)23-24-25-27/h4-12H,1-3H3,(H,22,28). The first-order valence-electron chi connectivity index (χ1n) is 8.80. The van der Waals surface area contributed by atoms with Crippen molar-refractivity contribution in [2.75, 3.05) is 5.32 Å². The Bertz CT molecular complexity index is 1140. The highest BCUT2D eigenvalue weighted by Crippen LogP contribution is 2.20. The molecular formula is C20H19N7O. The molecule has 0 fully saturated rings. The van der Waals surface area contributed by atoms with Crippen LogP contribution in [0.15, 0.2) is 54.9 Å². The van der Waals surface area contributed by atoms with Crippen LogP contribution in [0.4, 0.5) is 5.69 Å². The van der Waals surface area contributed by atoms with Crippen LogP contribution in [-0.4, -0.2) is 35.9 Å². The van der Waals surface area contributed by atoms with Gasteiger partial charge in [-0.1, -0.05) is 6.07 Å². The Labute approximate surface area is 161 Å². The lowest BCUT2D eigenvalue weighted by molar-refractivity contribution is 0.102. The molecule has 2 heterocycles. The average molecular weight is 373 g/mol. The topological polar surface area (TPSA) is 90.5 Å². The smallest absolute Gasteiger partial charge is 0.255 e. The molecule has 2 aromatic heterocycles. The van der Waals surface area contributed by atoms with Crippen LogP contribution in [-0.2, 0) is 0 Å². The Morgan fingerprint density at radius 1 is 1.04 bits per heavy atom. The lowest BCUT2D eigenvalue weighted by Gasteiger charge is -2.11. The number of rotatable bonds is 4. The highest BCUT2D eigenvalue weighted by Gasteiger charge is 2.11. The summed E-state index contributed by atoms with van der Waals surface area (Å²) < 4.78 is 3.42. The minimum Gasteiger partial charge on any atom is -0.322 e. The van der Waals surface area contributed by atoms with Gasteiger partial charge in [0, 0.05) is 17.4 Å². The third-order valence-electron chi connectivity index (χ3n) is 4.43. The van der Waals surface area contributed by atoms with Crippen molar-refractivity contribution in [3.63, 3.8) is 0 Å². The zero-order chi connectivity index (χ0) is 19.7. The van der Waals surface area contributed by atoms with Crippen molar-refractivity contribution in [3.8, 4) is 11.4 Å². The zero-order valence-electron chi connectivity index (χ0n) is 15.8. The quantitative estimate of drug-likeness (QED) is 0.594. The number of carbonyl (C=O) groups excluding carboxylic acids is 1. The minimum absolute atomic E-state index is 0.188. The maximum absolute atomic E-state index is 12.6. The summed E-state index contributed by atoms with van der Waals surface area (Å²) in [7, 11) is 0. The van der Waals surface area contributed by atoms with E-state index in [1.165, 1.54) is 0 Å². The highest BCUT2D eigenvalue weighted by atomic mass is 16.1. The summed E-state index contributed by atoms with van der Waals surface area (Å²) >= 11 is 0. The predicted octanol–water partition coefficient (Wildman–Crippen LogP) is 3.03. The van der Waals surface area contributed by atoms with Crippen molar-refractivity contribution in [2.45, 2.75) is 20.8 Å². The molecule has 0 aliphatic rings. The Kier molecular flexibility index (Phi) is 4.44. The van der Waals surface area contributed by atoms with Crippen molar-refractivity contribution < 1.29 is 4.79 Å². The van der Waals surface area contributed by atoms with Crippen molar-refractivity contribution in [3.05, 3.63) is 77.4 Å². The third kappa shape index (κ3) is 3.39. The van der Waals surface area contributed by atoms with Gasteiger partial charge in [0.2, 0.25) is 0 Å². The summed E-state index contributed by atoms with van der Waals surface area (Å²) in [6.45, 7) is 5.78. The molecule has 0 aliphatic carbocycles. The summed E-state index contributed by atoms with van der Waals surface area (Å²) in [4.78, 5) is 12.6. The second-order valence-corrected chi connectivity index (χ2v) is 6.60. The lowest BCUT2D eigenvalue weighted by Crippen LogP contribution is -2.13. The molecule has 1 N–H and O–H groups in total. The lowest BCUT2D eigenvalue weighted by atomic mass is 10.1. The molecular weight excluding hydrogens is 354 g/mol. The van der Waals surface area contributed by atoms with Crippen LogP contribution >= 0.6 is 0 Å². The van der Waals surface area contributed by atoms with E-state index in [2.05, 4.69) is 25.9 Å². The zero-order valence-corrected chi connectivity index (χ0v) is 15.8. The molecule has 8 nitrogen and oxygen atoms in total. The molecule has 0 saturated carbocycles. The van der Waals surface area contributed by atoms with E-state index in [9.17, 15) is 4.79 Å². The van der Waals surface area contributed by atoms with Crippen LogP contribution in [0.25, 0.3) is 11.4 Å². The van der Waals surface area contributed by atoms with E-state index in [1.54, 1.807) is 27.7 Å². The van der Waals surface area contributed by atoms with Crippen LogP contribution < -0.4 is 5.32 Å². The molecule has 28 heavy (non-hydrogen) atoms. The van der Waals surface area contributed by atoms with Gasteiger partial charge in [-0.15, -0.1) is 5.10 Å². The van der Waals surface area contributed by atoms with Gasteiger partial charge in [0.25, 0.3) is 5.91 Å². The first kappa shape index (κ1) is 17.6. The van der Waals surface area contributed by atoms with Gasteiger partial charge in [-0.05, 0) is 78.7 Å². The number of nitrogens with zero attached hydrogens (tertiary/aromatic N) is 6. The van der Waals surface area contributed by atoms with Crippen LogP contribution in [0.2, 0.25) is 0 Å². The van der Waals surface area contributed by atoms with E-state index in [0.29, 0.717) is 17.1 Å². The second-order valence-electron chi connectivity index (χ2n) is 6.60. The number of aromatic nitrogens is 6. The highest BCUT2D eigenvalue weighted by molar-refractivity contribution is 6.04. The molecule has 0 aliphatic heterocycles. The second kappa shape index (κ2) is 7.07. The minimum atomic E-state index is -0.188. The third-order valence-corrected chi connectivity index (χ3v) is 4.43. The normalized spacial score (nSPS) is 10.8. The summed E-state index contributed by atoms with van der Waals surface area (Å²) in [6, 6.07) is 12.9. The number of hydrogen-bond donors (Lipinski definition) is 1. The van der Waals surface area contributed by atoms with E-state index in [-0.39, 0.29) is 5.91 Å². The van der Waals surface area contributed by atoms with Gasteiger partial charge in [0.1, 0.15) is 0 Å². The number of hydrogen-bond acceptors (Lipinski definition) is 5.